The van der Waals surface area contributed by atoms with E-state index in [1.54, 1.807) is 19.1 Å². The van der Waals surface area contributed by atoms with Crippen LogP contribution in [0.25, 0.3) is 0 Å². The Balaban J connectivity index is 2.05. The number of aromatic carboxylic acids is 1. The monoisotopic (exact) mass is 249 g/mol. The van der Waals surface area contributed by atoms with Crippen molar-refractivity contribution in [2.45, 2.75) is 13.0 Å². The Morgan fingerprint density at radius 2 is 2.00 bits per heavy atom. The SMILES string of the molecule is CC(NC(=O)c1ccc(C(=O)O)o1)c1ccco1. The molecule has 1 unspecified atom stereocenters. The number of rotatable bonds is 4. The Hall–Kier alpha value is -2.50. The van der Waals surface area contributed by atoms with Crippen molar-refractivity contribution in [3.05, 3.63) is 47.8 Å². The van der Waals surface area contributed by atoms with Gasteiger partial charge in [-0.3, -0.25) is 4.79 Å². The largest absolute Gasteiger partial charge is 0.475 e. The van der Waals surface area contributed by atoms with E-state index in [1.165, 1.54) is 18.4 Å². The van der Waals surface area contributed by atoms with Crippen LogP contribution in [0.15, 0.2) is 39.4 Å². The number of furan rings is 2. The van der Waals surface area contributed by atoms with Gasteiger partial charge in [0.1, 0.15) is 5.76 Å². The average Bonchev–Trinajstić information content (AvgIpc) is 3.00. The molecule has 0 spiro atoms. The molecule has 1 atom stereocenters. The fourth-order valence-corrected chi connectivity index (χ4v) is 1.45. The molecule has 0 radical (unpaired) electrons. The summed E-state index contributed by atoms with van der Waals surface area (Å²) in [6, 6.07) is 5.66. The number of hydrogen-bond donors (Lipinski definition) is 2. The van der Waals surface area contributed by atoms with Crippen LogP contribution in [0.3, 0.4) is 0 Å². The van der Waals surface area contributed by atoms with Crippen LogP contribution in [0.1, 0.15) is 39.8 Å². The molecule has 6 nitrogen and oxygen atoms in total. The van der Waals surface area contributed by atoms with Gasteiger partial charge in [-0.1, -0.05) is 0 Å². The molecule has 0 aromatic carbocycles. The maximum atomic E-state index is 11.7. The van der Waals surface area contributed by atoms with E-state index in [4.69, 9.17) is 13.9 Å². The minimum Gasteiger partial charge on any atom is -0.475 e. The quantitative estimate of drug-likeness (QED) is 0.865. The third kappa shape index (κ3) is 2.42. The van der Waals surface area contributed by atoms with Crippen molar-refractivity contribution in [3.63, 3.8) is 0 Å². The van der Waals surface area contributed by atoms with Crippen LogP contribution in [0.2, 0.25) is 0 Å². The molecule has 1 amide bonds. The highest BCUT2D eigenvalue weighted by atomic mass is 16.4. The van der Waals surface area contributed by atoms with Crippen LogP contribution >= 0.6 is 0 Å². The average molecular weight is 249 g/mol. The maximum absolute atomic E-state index is 11.7. The molecule has 0 fully saturated rings. The second kappa shape index (κ2) is 4.79. The van der Waals surface area contributed by atoms with Gasteiger partial charge in [-0.15, -0.1) is 0 Å². The molecule has 0 aliphatic carbocycles. The van der Waals surface area contributed by atoms with Crippen LogP contribution in [0.4, 0.5) is 0 Å². The van der Waals surface area contributed by atoms with Crippen molar-refractivity contribution >= 4 is 11.9 Å². The topological polar surface area (TPSA) is 92.7 Å². The molecule has 2 rings (SSSR count). The van der Waals surface area contributed by atoms with Gasteiger partial charge in [-0.25, -0.2) is 4.79 Å². The number of carbonyl (C=O) groups is 2. The molecular weight excluding hydrogens is 238 g/mol. The summed E-state index contributed by atoms with van der Waals surface area (Å²) in [7, 11) is 0. The van der Waals surface area contributed by atoms with Crippen LogP contribution in [-0.2, 0) is 0 Å². The highest BCUT2D eigenvalue weighted by Crippen LogP contribution is 2.14. The van der Waals surface area contributed by atoms with Crippen molar-refractivity contribution in [3.8, 4) is 0 Å². The molecule has 0 saturated heterocycles. The number of hydrogen-bond acceptors (Lipinski definition) is 4. The van der Waals surface area contributed by atoms with E-state index in [9.17, 15) is 9.59 Å². The standard InChI is InChI=1S/C12H11NO5/c1-7(8-3-2-6-17-8)13-11(14)9-4-5-10(18-9)12(15)16/h2-7H,1H3,(H,13,14)(H,15,16). The van der Waals surface area contributed by atoms with Gasteiger partial charge in [0.2, 0.25) is 5.76 Å². The second-order valence-corrected chi connectivity index (χ2v) is 3.68. The lowest BCUT2D eigenvalue weighted by Gasteiger charge is -2.09. The summed E-state index contributed by atoms with van der Waals surface area (Å²) in [6.07, 6.45) is 1.51. The van der Waals surface area contributed by atoms with Crippen LogP contribution in [0, 0.1) is 0 Å². The van der Waals surface area contributed by atoms with Crippen LogP contribution < -0.4 is 5.32 Å². The summed E-state index contributed by atoms with van der Waals surface area (Å²) in [5.74, 6) is -1.43. The summed E-state index contributed by atoms with van der Waals surface area (Å²) >= 11 is 0. The number of carbonyl (C=O) groups excluding carboxylic acids is 1. The molecule has 0 bridgehead atoms. The zero-order valence-corrected chi connectivity index (χ0v) is 9.54. The van der Waals surface area contributed by atoms with Crippen LogP contribution in [0.5, 0.6) is 0 Å². The van der Waals surface area contributed by atoms with Gasteiger partial charge in [-0.05, 0) is 31.2 Å². The summed E-state index contributed by atoms with van der Waals surface area (Å²) in [5, 5.41) is 11.3. The van der Waals surface area contributed by atoms with Gasteiger partial charge in [-0.2, -0.15) is 0 Å². The highest BCUT2D eigenvalue weighted by molar-refractivity contribution is 5.93. The first kappa shape index (κ1) is 12.0. The zero-order chi connectivity index (χ0) is 13.1. The van der Waals surface area contributed by atoms with E-state index in [1.807, 2.05) is 0 Å². The Labute approximate surface area is 102 Å². The number of amides is 1. The molecule has 94 valence electrons. The van der Waals surface area contributed by atoms with Gasteiger partial charge in [0.25, 0.3) is 5.91 Å². The summed E-state index contributed by atoms with van der Waals surface area (Å²) < 4.78 is 10.0. The molecule has 2 heterocycles. The molecule has 0 saturated carbocycles. The highest BCUT2D eigenvalue weighted by Gasteiger charge is 2.18. The summed E-state index contributed by atoms with van der Waals surface area (Å²) in [6.45, 7) is 1.75. The van der Waals surface area contributed by atoms with Gasteiger partial charge in [0, 0.05) is 0 Å². The Kier molecular flexibility index (Phi) is 3.18. The fourth-order valence-electron chi connectivity index (χ4n) is 1.45. The molecule has 18 heavy (non-hydrogen) atoms. The number of nitrogens with one attached hydrogen (secondary N) is 1. The molecule has 6 heteroatoms. The molecule has 0 aliphatic heterocycles. The minimum atomic E-state index is -1.21. The Bertz CT molecular complexity index is 555. The molecule has 2 aromatic heterocycles. The zero-order valence-electron chi connectivity index (χ0n) is 9.54. The third-order valence-electron chi connectivity index (χ3n) is 2.36. The molecule has 2 aromatic rings. The molecule has 2 N–H and O–H groups in total. The predicted molar refractivity (Wildman–Crippen MR) is 60.3 cm³/mol. The second-order valence-electron chi connectivity index (χ2n) is 3.68. The maximum Gasteiger partial charge on any atom is 0.371 e. The first-order valence-electron chi connectivity index (χ1n) is 5.25. The first-order valence-corrected chi connectivity index (χ1v) is 5.25. The Morgan fingerprint density at radius 1 is 1.28 bits per heavy atom. The summed E-state index contributed by atoms with van der Waals surface area (Å²) in [4.78, 5) is 22.4. The number of carboxylic acids is 1. The van der Waals surface area contributed by atoms with E-state index in [0.29, 0.717) is 5.76 Å². The van der Waals surface area contributed by atoms with Crippen molar-refractivity contribution in [1.82, 2.24) is 5.32 Å². The van der Waals surface area contributed by atoms with Crippen molar-refractivity contribution in [2.75, 3.05) is 0 Å². The van der Waals surface area contributed by atoms with Gasteiger partial charge >= 0.3 is 5.97 Å². The lowest BCUT2D eigenvalue weighted by atomic mass is 10.2. The van der Waals surface area contributed by atoms with Gasteiger partial charge < -0.3 is 19.3 Å². The molecular formula is C12H11NO5. The van der Waals surface area contributed by atoms with Gasteiger partial charge in [0.15, 0.2) is 5.76 Å². The van der Waals surface area contributed by atoms with E-state index < -0.39 is 11.9 Å². The smallest absolute Gasteiger partial charge is 0.371 e. The van der Waals surface area contributed by atoms with Crippen LogP contribution in [-0.4, -0.2) is 17.0 Å². The summed E-state index contributed by atoms with van der Waals surface area (Å²) in [5.41, 5.74) is 0. The first-order chi connectivity index (χ1) is 8.58. The fraction of sp³-hybridized carbons (Fsp3) is 0.167. The Morgan fingerprint density at radius 3 is 2.56 bits per heavy atom. The lowest BCUT2D eigenvalue weighted by Crippen LogP contribution is -2.25. The van der Waals surface area contributed by atoms with E-state index in [2.05, 4.69) is 5.32 Å². The van der Waals surface area contributed by atoms with Gasteiger partial charge in [0.05, 0.1) is 12.3 Å². The van der Waals surface area contributed by atoms with E-state index in [-0.39, 0.29) is 17.6 Å². The minimum absolute atomic E-state index is 0.0502. The van der Waals surface area contributed by atoms with E-state index in [0.717, 1.165) is 0 Å². The number of carboxylic acid groups (broad SMARTS) is 1. The molecule has 0 aliphatic rings. The lowest BCUT2D eigenvalue weighted by molar-refractivity contribution is 0.0659. The normalized spacial score (nSPS) is 12.1. The van der Waals surface area contributed by atoms with Crippen molar-refractivity contribution < 1.29 is 23.5 Å². The van der Waals surface area contributed by atoms with Crippen molar-refractivity contribution in [2.24, 2.45) is 0 Å². The van der Waals surface area contributed by atoms with Crippen molar-refractivity contribution in [1.29, 1.82) is 0 Å². The van der Waals surface area contributed by atoms with E-state index >= 15 is 0 Å². The predicted octanol–water partition coefficient (Wildman–Crippen LogP) is 2.06. The third-order valence-corrected chi connectivity index (χ3v) is 2.36.